The lowest BCUT2D eigenvalue weighted by atomic mass is 9.94. The second kappa shape index (κ2) is 6.71. The first-order valence-corrected chi connectivity index (χ1v) is 7.24. The minimum absolute atomic E-state index is 0.311. The van der Waals surface area contributed by atoms with Crippen LogP contribution >= 0.6 is 0 Å². The molecule has 1 aliphatic rings. The van der Waals surface area contributed by atoms with Crippen LogP contribution in [-0.2, 0) is 4.79 Å². The predicted octanol–water partition coefficient (Wildman–Crippen LogP) is 2.39. The number of likely N-dealkylation sites (tertiary alicyclic amines) is 1. The summed E-state index contributed by atoms with van der Waals surface area (Å²) in [5.41, 5.74) is 1.36. The van der Waals surface area contributed by atoms with Crippen molar-refractivity contribution in [2.24, 2.45) is 0 Å². The number of amides is 1. The van der Waals surface area contributed by atoms with Crippen molar-refractivity contribution in [3.8, 4) is 0 Å². The molecule has 1 aromatic carbocycles. The van der Waals surface area contributed by atoms with Gasteiger partial charge in [-0.25, -0.2) is 0 Å². The second-order valence-corrected chi connectivity index (χ2v) is 5.43. The topological polar surface area (TPSA) is 32.3 Å². The van der Waals surface area contributed by atoms with E-state index in [1.165, 1.54) is 5.56 Å². The van der Waals surface area contributed by atoms with Gasteiger partial charge < -0.3 is 10.2 Å². The number of nitrogens with one attached hydrogen (secondary N) is 1. The van der Waals surface area contributed by atoms with Crippen LogP contribution in [0.15, 0.2) is 30.3 Å². The molecule has 0 aliphatic carbocycles. The van der Waals surface area contributed by atoms with Crippen LogP contribution in [0.1, 0.15) is 38.2 Å². The molecule has 0 aromatic heterocycles. The van der Waals surface area contributed by atoms with Gasteiger partial charge in [0, 0.05) is 32.1 Å². The lowest BCUT2D eigenvalue weighted by Crippen LogP contribution is -2.38. The molecule has 0 bridgehead atoms. The van der Waals surface area contributed by atoms with Gasteiger partial charge in [-0.15, -0.1) is 0 Å². The number of nitrogens with zero attached hydrogens (tertiary/aromatic N) is 1. The Labute approximate surface area is 116 Å². The monoisotopic (exact) mass is 260 g/mol. The summed E-state index contributed by atoms with van der Waals surface area (Å²) in [5.74, 6) is 0.793. The molecule has 1 aliphatic heterocycles. The number of hydrogen-bond donors (Lipinski definition) is 1. The summed E-state index contributed by atoms with van der Waals surface area (Å²) in [5, 5.41) is 3.53. The first-order valence-electron chi connectivity index (χ1n) is 7.24. The molecule has 3 nitrogen and oxygen atoms in total. The Balaban J connectivity index is 1.75. The van der Waals surface area contributed by atoms with Gasteiger partial charge in [-0.1, -0.05) is 37.3 Å². The minimum Gasteiger partial charge on any atom is -0.341 e. The zero-order chi connectivity index (χ0) is 13.7. The third-order valence-corrected chi connectivity index (χ3v) is 4.09. The average molecular weight is 260 g/mol. The third kappa shape index (κ3) is 3.80. The van der Waals surface area contributed by atoms with Crippen molar-refractivity contribution in [2.75, 3.05) is 19.6 Å². The highest BCUT2D eigenvalue weighted by Crippen LogP contribution is 2.18. The highest BCUT2D eigenvalue weighted by Gasteiger charge is 2.20. The van der Waals surface area contributed by atoms with Crippen molar-refractivity contribution < 1.29 is 4.79 Å². The predicted molar refractivity (Wildman–Crippen MR) is 78.1 cm³/mol. The summed E-state index contributed by atoms with van der Waals surface area (Å²) in [4.78, 5) is 13.5. The van der Waals surface area contributed by atoms with Crippen molar-refractivity contribution in [3.05, 3.63) is 35.9 Å². The summed E-state index contributed by atoms with van der Waals surface area (Å²) in [7, 11) is 0. The van der Waals surface area contributed by atoms with Crippen molar-refractivity contribution >= 4 is 5.91 Å². The van der Waals surface area contributed by atoms with E-state index in [2.05, 4.69) is 43.4 Å². The average Bonchev–Trinajstić information content (AvgIpc) is 2.84. The summed E-state index contributed by atoms with van der Waals surface area (Å²) in [6, 6.07) is 11.0. The molecule has 1 aromatic rings. The number of benzene rings is 1. The normalized spacial score (nSPS) is 18.6. The van der Waals surface area contributed by atoms with Gasteiger partial charge in [0.25, 0.3) is 0 Å². The van der Waals surface area contributed by atoms with Gasteiger partial charge in [-0.05, 0) is 24.8 Å². The molecule has 1 N–H and O–H groups in total. The van der Waals surface area contributed by atoms with Crippen LogP contribution in [0.25, 0.3) is 0 Å². The standard InChI is InChI=1S/C16H24N2O/c1-13(15-7-4-3-5-8-15)14(2)17-10-12-18-11-6-9-16(18)19/h3-5,7-8,13-14,17H,6,9-12H2,1-2H3/t13-,14+/m0/s1. The fraction of sp³-hybridized carbons (Fsp3) is 0.562. The maximum absolute atomic E-state index is 11.5. The summed E-state index contributed by atoms with van der Waals surface area (Å²) < 4.78 is 0. The molecule has 19 heavy (non-hydrogen) atoms. The Bertz CT molecular complexity index is 404. The lowest BCUT2D eigenvalue weighted by Gasteiger charge is -2.23. The molecule has 3 heteroatoms. The Morgan fingerprint density at radius 2 is 2.00 bits per heavy atom. The molecule has 1 heterocycles. The van der Waals surface area contributed by atoms with Crippen molar-refractivity contribution in [1.82, 2.24) is 10.2 Å². The fourth-order valence-corrected chi connectivity index (χ4v) is 2.59. The van der Waals surface area contributed by atoms with E-state index in [1.54, 1.807) is 0 Å². The van der Waals surface area contributed by atoms with Crippen LogP contribution < -0.4 is 5.32 Å². The summed E-state index contributed by atoms with van der Waals surface area (Å²) in [6.07, 6.45) is 1.75. The maximum atomic E-state index is 11.5. The fourth-order valence-electron chi connectivity index (χ4n) is 2.59. The van der Waals surface area contributed by atoms with E-state index in [-0.39, 0.29) is 0 Å². The van der Waals surface area contributed by atoms with Crippen LogP contribution in [-0.4, -0.2) is 36.5 Å². The molecule has 0 radical (unpaired) electrons. The Morgan fingerprint density at radius 1 is 1.26 bits per heavy atom. The van der Waals surface area contributed by atoms with Crippen LogP contribution in [0, 0.1) is 0 Å². The molecule has 0 unspecified atom stereocenters. The number of carbonyl (C=O) groups excluding carboxylic acids is 1. The molecule has 1 amide bonds. The van der Waals surface area contributed by atoms with Crippen molar-refractivity contribution in [2.45, 2.75) is 38.6 Å². The zero-order valence-electron chi connectivity index (χ0n) is 11.9. The first kappa shape index (κ1) is 14.1. The smallest absolute Gasteiger partial charge is 0.222 e. The van der Waals surface area contributed by atoms with E-state index in [9.17, 15) is 4.79 Å². The number of rotatable bonds is 6. The van der Waals surface area contributed by atoms with E-state index in [0.717, 1.165) is 32.5 Å². The zero-order valence-corrected chi connectivity index (χ0v) is 11.9. The van der Waals surface area contributed by atoms with Gasteiger partial charge in [-0.3, -0.25) is 4.79 Å². The molecular formula is C16H24N2O. The Kier molecular flexibility index (Phi) is 4.97. The van der Waals surface area contributed by atoms with Gasteiger partial charge in [0.15, 0.2) is 0 Å². The molecule has 1 saturated heterocycles. The van der Waals surface area contributed by atoms with Gasteiger partial charge in [-0.2, -0.15) is 0 Å². The summed E-state index contributed by atoms with van der Waals surface area (Å²) >= 11 is 0. The van der Waals surface area contributed by atoms with Crippen molar-refractivity contribution in [3.63, 3.8) is 0 Å². The van der Waals surface area contributed by atoms with Crippen LogP contribution in [0.3, 0.4) is 0 Å². The molecule has 2 rings (SSSR count). The van der Waals surface area contributed by atoms with E-state index in [0.29, 0.717) is 17.9 Å². The highest BCUT2D eigenvalue weighted by molar-refractivity contribution is 5.78. The van der Waals surface area contributed by atoms with Crippen LogP contribution in [0.4, 0.5) is 0 Å². The van der Waals surface area contributed by atoms with Gasteiger partial charge in [0.2, 0.25) is 5.91 Å². The quantitative estimate of drug-likeness (QED) is 0.852. The molecule has 2 atom stereocenters. The van der Waals surface area contributed by atoms with Gasteiger partial charge in [0.1, 0.15) is 0 Å². The van der Waals surface area contributed by atoms with Crippen molar-refractivity contribution in [1.29, 1.82) is 0 Å². The molecule has 104 valence electrons. The highest BCUT2D eigenvalue weighted by atomic mass is 16.2. The van der Waals surface area contributed by atoms with Gasteiger partial charge in [0.05, 0.1) is 0 Å². The van der Waals surface area contributed by atoms with Crippen LogP contribution in [0.5, 0.6) is 0 Å². The summed E-state index contributed by atoms with van der Waals surface area (Å²) in [6.45, 7) is 7.11. The van der Waals surface area contributed by atoms with E-state index < -0.39 is 0 Å². The molecular weight excluding hydrogens is 236 g/mol. The SMILES string of the molecule is C[C@H](c1ccccc1)[C@@H](C)NCCN1CCCC1=O. The number of carbonyl (C=O) groups is 1. The number of hydrogen-bond acceptors (Lipinski definition) is 2. The lowest BCUT2D eigenvalue weighted by molar-refractivity contribution is -0.127. The third-order valence-electron chi connectivity index (χ3n) is 4.09. The second-order valence-electron chi connectivity index (χ2n) is 5.43. The minimum atomic E-state index is 0.311. The Hall–Kier alpha value is -1.35. The molecule has 1 fully saturated rings. The van der Waals surface area contributed by atoms with Gasteiger partial charge >= 0.3 is 0 Å². The largest absolute Gasteiger partial charge is 0.341 e. The van der Waals surface area contributed by atoms with E-state index >= 15 is 0 Å². The van der Waals surface area contributed by atoms with Crippen LogP contribution in [0.2, 0.25) is 0 Å². The molecule has 0 spiro atoms. The Morgan fingerprint density at radius 3 is 2.63 bits per heavy atom. The first-order chi connectivity index (χ1) is 9.18. The molecule has 0 saturated carbocycles. The van der Waals surface area contributed by atoms with E-state index in [4.69, 9.17) is 0 Å². The van der Waals surface area contributed by atoms with E-state index in [1.807, 2.05) is 11.0 Å². The maximum Gasteiger partial charge on any atom is 0.222 e.